The molecule has 1 rings (SSSR count). The third kappa shape index (κ3) is 3.17. The van der Waals surface area contributed by atoms with E-state index in [-0.39, 0.29) is 11.2 Å². The molecule has 0 unspecified atom stereocenters. The topological polar surface area (TPSA) is 29.1 Å². The van der Waals surface area contributed by atoms with Crippen LogP contribution in [-0.4, -0.2) is 19.4 Å². The number of ketones is 1. The molecule has 0 fully saturated rings. The van der Waals surface area contributed by atoms with Crippen molar-refractivity contribution in [3.8, 4) is 0 Å². The van der Waals surface area contributed by atoms with Crippen molar-refractivity contribution >= 4 is 5.78 Å². The molecule has 0 aliphatic carbocycles. The zero-order valence-electron chi connectivity index (χ0n) is 9.92. The molecule has 0 heterocycles. The van der Waals surface area contributed by atoms with Crippen molar-refractivity contribution in [2.45, 2.75) is 26.2 Å². The van der Waals surface area contributed by atoms with Gasteiger partial charge in [-0.2, -0.15) is 0 Å². The zero-order chi connectivity index (χ0) is 11.5. The highest BCUT2D eigenvalue weighted by molar-refractivity contribution is 5.97. The number of carbonyl (C=O) groups is 1. The second kappa shape index (κ2) is 4.58. The first-order valence-corrected chi connectivity index (χ1v) is 5.23. The Balaban J connectivity index is 2.98. The molecule has 0 saturated carbocycles. The Morgan fingerprint density at radius 1 is 1.33 bits per heavy atom. The van der Waals surface area contributed by atoms with E-state index in [4.69, 9.17) is 0 Å². The number of likely N-dealkylation sites (N-methyl/N-ethyl adjacent to an activating group) is 1. The molecule has 0 saturated heterocycles. The van der Waals surface area contributed by atoms with Crippen LogP contribution in [0.2, 0.25) is 0 Å². The number of Topliss-reactive ketones (excluding diaryl/α,β-unsaturated/α-hetero) is 1. The maximum absolute atomic E-state index is 11.7. The monoisotopic (exact) mass is 205 g/mol. The highest BCUT2D eigenvalue weighted by atomic mass is 16.1. The molecule has 2 heteroatoms. The number of hydrogen-bond donors (Lipinski definition) is 1. The van der Waals surface area contributed by atoms with E-state index in [9.17, 15) is 4.79 Å². The number of nitrogens with one attached hydrogen (secondary N) is 1. The van der Waals surface area contributed by atoms with E-state index in [0.29, 0.717) is 6.54 Å². The van der Waals surface area contributed by atoms with Crippen LogP contribution in [0.5, 0.6) is 0 Å². The third-order valence-corrected chi connectivity index (χ3v) is 2.39. The summed E-state index contributed by atoms with van der Waals surface area (Å²) in [5.41, 5.74) is 2.08. The molecule has 1 N–H and O–H groups in total. The molecule has 0 spiro atoms. The van der Waals surface area contributed by atoms with Crippen LogP contribution in [0.4, 0.5) is 0 Å². The molecular weight excluding hydrogens is 186 g/mol. The Morgan fingerprint density at radius 2 is 2.00 bits per heavy atom. The molecular formula is C13H19NO. The van der Waals surface area contributed by atoms with Gasteiger partial charge in [0, 0.05) is 5.56 Å². The largest absolute Gasteiger partial charge is 0.313 e. The second-order valence-corrected chi connectivity index (χ2v) is 4.78. The summed E-state index contributed by atoms with van der Waals surface area (Å²) >= 11 is 0. The van der Waals surface area contributed by atoms with Crippen LogP contribution in [0.15, 0.2) is 24.3 Å². The first-order chi connectivity index (χ1) is 6.95. The van der Waals surface area contributed by atoms with E-state index in [0.717, 1.165) is 5.56 Å². The average Bonchev–Trinajstić information content (AvgIpc) is 2.17. The Kier molecular flexibility index (Phi) is 3.64. The maximum atomic E-state index is 11.7. The number of rotatable bonds is 3. The lowest BCUT2D eigenvalue weighted by Gasteiger charge is -2.19. The number of benzene rings is 1. The lowest BCUT2D eigenvalue weighted by Crippen LogP contribution is -2.19. The summed E-state index contributed by atoms with van der Waals surface area (Å²) in [7, 11) is 1.78. The van der Waals surface area contributed by atoms with Gasteiger partial charge in [-0.3, -0.25) is 4.79 Å². The van der Waals surface area contributed by atoms with E-state index in [1.54, 1.807) is 7.05 Å². The summed E-state index contributed by atoms with van der Waals surface area (Å²) in [6.07, 6.45) is 0. The van der Waals surface area contributed by atoms with Crippen molar-refractivity contribution < 1.29 is 4.79 Å². The zero-order valence-corrected chi connectivity index (χ0v) is 9.92. The van der Waals surface area contributed by atoms with Gasteiger partial charge in [0.25, 0.3) is 0 Å². The fourth-order valence-corrected chi connectivity index (χ4v) is 1.42. The lowest BCUT2D eigenvalue weighted by molar-refractivity contribution is 0.0993. The average molecular weight is 205 g/mol. The van der Waals surface area contributed by atoms with Crippen LogP contribution in [0.1, 0.15) is 36.7 Å². The summed E-state index contributed by atoms with van der Waals surface area (Å²) < 4.78 is 0. The van der Waals surface area contributed by atoms with Gasteiger partial charge in [0.05, 0.1) is 6.54 Å². The Morgan fingerprint density at radius 3 is 2.53 bits per heavy atom. The highest BCUT2D eigenvalue weighted by Gasteiger charge is 2.15. The van der Waals surface area contributed by atoms with E-state index < -0.39 is 0 Å². The minimum Gasteiger partial charge on any atom is -0.313 e. The highest BCUT2D eigenvalue weighted by Crippen LogP contribution is 2.22. The third-order valence-electron chi connectivity index (χ3n) is 2.39. The molecule has 0 aliphatic rings. The van der Waals surface area contributed by atoms with Crippen LogP contribution in [0.3, 0.4) is 0 Å². The van der Waals surface area contributed by atoms with Crippen LogP contribution in [0.25, 0.3) is 0 Å². The van der Waals surface area contributed by atoms with E-state index in [1.807, 2.05) is 18.2 Å². The Bertz CT molecular complexity index is 350. The Labute approximate surface area is 91.7 Å². The summed E-state index contributed by atoms with van der Waals surface area (Å²) in [6.45, 7) is 6.84. The van der Waals surface area contributed by atoms with Gasteiger partial charge in [-0.1, -0.05) is 39.0 Å². The molecule has 0 radical (unpaired) electrons. The van der Waals surface area contributed by atoms with E-state index >= 15 is 0 Å². The lowest BCUT2D eigenvalue weighted by atomic mass is 9.86. The van der Waals surface area contributed by atoms with Gasteiger partial charge in [0.1, 0.15) is 0 Å². The van der Waals surface area contributed by atoms with Crippen LogP contribution < -0.4 is 5.32 Å². The molecule has 0 atom stereocenters. The van der Waals surface area contributed by atoms with Crippen molar-refractivity contribution in [1.29, 1.82) is 0 Å². The summed E-state index contributed by atoms with van der Waals surface area (Å²) in [4.78, 5) is 11.7. The Hall–Kier alpha value is -1.15. The summed E-state index contributed by atoms with van der Waals surface area (Å²) in [5.74, 6) is 0.142. The molecule has 1 aromatic rings. The van der Waals surface area contributed by atoms with Crippen molar-refractivity contribution in [2.24, 2.45) is 0 Å². The van der Waals surface area contributed by atoms with Gasteiger partial charge in [0.15, 0.2) is 5.78 Å². The van der Waals surface area contributed by atoms with Gasteiger partial charge in [-0.25, -0.2) is 0 Å². The van der Waals surface area contributed by atoms with Gasteiger partial charge in [-0.15, -0.1) is 0 Å². The van der Waals surface area contributed by atoms with Crippen LogP contribution >= 0.6 is 0 Å². The first kappa shape index (κ1) is 11.9. The normalized spacial score (nSPS) is 11.5. The fraction of sp³-hybridized carbons (Fsp3) is 0.462. The number of hydrogen-bond acceptors (Lipinski definition) is 2. The molecule has 0 aromatic heterocycles. The molecule has 1 aromatic carbocycles. The van der Waals surface area contributed by atoms with Crippen molar-refractivity contribution in [2.75, 3.05) is 13.6 Å². The van der Waals surface area contributed by atoms with E-state index in [2.05, 4.69) is 32.2 Å². The quantitative estimate of drug-likeness (QED) is 0.768. The molecule has 15 heavy (non-hydrogen) atoms. The van der Waals surface area contributed by atoms with Gasteiger partial charge in [0.2, 0.25) is 0 Å². The van der Waals surface area contributed by atoms with Gasteiger partial charge < -0.3 is 5.32 Å². The predicted octanol–water partition coefficient (Wildman–Crippen LogP) is 2.39. The minimum absolute atomic E-state index is 0.0932. The summed E-state index contributed by atoms with van der Waals surface area (Å²) in [5, 5.41) is 2.87. The van der Waals surface area contributed by atoms with Gasteiger partial charge in [-0.05, 0) is 24.1 Å². The SMILES string of the molecule is CNCC(=O)c1cccc(C(C)(C)C)c1. The standard InChI is InChI=1S/C13H19NO/c1-13(2,3)11-7-5-6-10(8-11)12(15)9-14-4/h5-8,14H,9H2,1-4H3. The van der Waals surface area contributed by atoms with Crippen LogP contribution in [-0.2, 0) is 5.41 Å². The first-order valence-electron chi connectivity index (χ1n) is 5.23. The molecule has 82 valence electrons. The van der Waals surface area contributed by atoms with Crippen molar-refractivity contribution in [1.82, 2.24) is 5.32 Å². The smallest absolute Gasteiger partial charge is 0.176 e. The molecule has 0 bridgehead atoms. The van der Waals surface area contributed by atoms with Gasteiger partial charge >= 0.3 is 0 Å². The minimum atomic E-state index is 0.0932. The van der Waals surface area contributed by atoms with E-state index in [1.165, 1.54) is 5.56 Å². The van der Waals surface area contributed by atoms with Crippen LogP contribution in [0, 0.1) is 0 Å². The number of carbonyl (C=O) groups excluding carboxylic acids is 1. The predicted molar refractivity (Wildman–Crippen MR) is 63.4 cm³/mol. The molecule has 2 nitrogen and oxygen atoms in total. The fourth-order valence-electron chi connectivity index (χ4n) is 1.42. The maximum Gasteiger partial charge on any atom is 0.176 e. The summed E-state index contributed by atoms with van der Waals surface area (Å²) in [6, 6.07) is 7.87. The van der Waals surface area contributed by atoms with Crippen molar-refractivity contribution in [3.63, 3.8) is 0 Å². The van der Waals surface area contributed by atoms with Crippen molar-refractivity contribution in [3.05, 3.63) is 35.4 Å². The molecule has 0 amide bonds. The second-order valence-electron chi connectivity index (χ2n) is 4.78. The molecule has 0 aliphatic heterocycles.